The Morgan fingerprint density at radius 3 is 2.45 bits per heavy atom. The normalized spacial score (nSPS) is 15.6. The average Bonchev–Trinajstić information content (AvgIpc) is 3.42. The average molecular weight is 392 g/mol. The number of hydrogen-bond acceptors (Lipinski definition) is 7. The van der Waals surface area contributed by atoms with E-state index in [1.165, 1.54) is 0 Å². The Labute approximate surface area is 167 Å². The first-order chi connectivity index (χ1) is 14.2. The van der Waals surface area contributed by atoms with Crippen LogP contribution in [0.4, 0.5) is 5.69 Å². The molecule has 8 heteroatoms. The van der Waals surface area contributed by atoms with Gasteiger partial charge in [-0.2, -0.15) is 4.98 Å². The zero-order valence-corrected chi connectivity index (χ0v) is 16.0. The zero-order valence-electron chi connectivity index (χ0n) is 16.0. The highest BCUT2D eigenvalue weighted by molar-refractivity contribution is 5.95. The topological polar surface area (TPSA) is 80.9 Å². The smallest absolute Gasteiger partial charge is 0.254 e. The lowest BCUT2D eigenvalue weighted by Gasteiger charge is -2.36. The van der Waals surface area contributed by atoms with E-state index in [0.717, 1.165) is 24.3 Å². The van der Waals surface area contributed by atoms with Crippen LogP contribution in [-0.2, 0) is 0 Å². The van der Waals surface area contributed by atoms with Gasteiger partial charge >= 0.3 is 0 Å². The van der Waals surface area contributed by atoms with Gasteiger partial charge in [0, 0.05) is 49.9 Å². The van der Waals surface area contributed by atoms with Crippen LogP contribution in [0, 0.1) is 6.92 Å². The summed E-state index contributed by atoms with van der Waals surface area (Å²) >= 11 is 0. The van der Waals surface area contributed by atoms with Crippen LogP contribution in [0.2, 0.25) is 0 Å². The minimum absolute atomic E-state index is 0.0192. The van der Waals surface area contributed by atoms with Crippen LogP contribution in [0.3, 0.4) is 0 Å². The van der Waals surface area contributed by atoms with E-state index in [1.54, 1.807) is 25.1 Å². The number of piperazine rings is 1. The van der Waals surface area contributed by atoms with Crippen molar-refractivity contribution in [3.63, 3.8) is 0 Å². The molecule has 0 spiro atoms. The van der Waals surface area contributed by atoms with E-state index in [2.05, 4.69) is 27.2 Å². The molecular formula is C21H20N4O4. The summed E-state index contributed by atoms with van der Waals surface area (Å²) in [6.07, 6.45) is 0. The maximum Gasteiger partial charge on any atom is 0.254 e. The first-order valence-electron chi connectivity index (χ1n) is 9.52. The highest BCUT2D eigenvalue weighted by Gasteiger charge is 2.24. The Morgan fingerprint density at radius 2 is 1.72 bits per heavy atom. The van der Waals surface area contributed by atoms with Crippen LogP contribution in [0.1, 0.15) is 16.2 Å². The Hall–Kier alpha value is -3.55. The molecule has 3 heterocycles. The van der Waals surface area contributed by atoms with Crippen molar-refractivity contribution in [3.05, 3.63) is 53.9 Å². The lowest BCUT2D eigenvalue weighted by atomic mass is 10.1. The van der Waals surface area contributed by atoms with Crippen LogP contribution < -0.4 is 14.4 Å². The summed E-state index contributed by atoms with van der Waals surface area (Å²) in [7, 11) is 0. The first-order valence-corrected chi connectivity index (χ1v) is 9.52. The van der Waals surface area contributed by atoms with Gasteiger partial charge in [-0.1, -0.05) is 5.16 Å². The van der Waals surface area contributed by atoms with E-state index in [1.807, 2.05) is 17.0 Å². The van der Waals surface area contributed by atoms with Gasteiger partial charge in [-0.25, -0.2) is 0 Å². The standard InChI is InChI=1S/C21H20N4O4/c1-14-22-20(23-29-14)15-2-5-17(6-3-15)24-8-10-25(11-9-24)21(26)16-4-7-18-19(12-16)28-13-27-18/h2-7,12H,8-11,13H2,1H3. The second-order valence-electron chi connectivity index (χ2n) is 7.03. The van der Waals surface area contributed by atoms with Crippen LogP contribution in [0.25, 0.3) is 11.4 Å². The second-order valence-corrected chi connectivity index (χ2v) is 7.03. The fourth-order valence-corrected chi connectivity index (χ4v) is 3.62. The van der Waals surface area contributed by atoms with E-state index in [-0.39, 0.29) is 12.7 Å². The van der Waals surface area contributed by atoms with Crippen molar-refractivity contribution >= 4 is 11.6 Å². The van der Waals surface area contributed by atoms with Gasteiger partial charge in [0.2, 0.25) is 18.5 Å². The molecular weight excluding hydrogens is 372 g/mol. The van der Waals surface area contributed by atoms with Crippen LogP contribution in [-0.4, -0.2) is 53.9 Å². The van der Waals surface area contributed by atoms with E-state index in [4.69, 9.17) is 14.0 Å². The van der Waals surface area contributed by atoms with Crippen molar-refractivity contribution in [2.75, 3.05) is 37.9 Å². The third kappa shape index (κ3) is 3.37. The summed E-state index contributed by atoms with van der Waals surface area (Å²) in [5, 5.41) is 3.95. The number of amides is 1. The fourth-order valence-electron chi connectivity index (χ4n) is 3.62. The minimum Gasteiger partial charge on any atom is -0.454 e. The largest absolute Gasteiger partial charge is 0.454 e. The molecule has 148 valence electrons. The molecule has 1 fully saturated rings. The molecule has 2 aromatic carbocycles. The highest BCUT2D eigenvalue weighted by atomic mass is 16.7. The van der Waals surface area contributed by atoms with Crippen LogP contribution in [0.5, 0.6) is 11.5 Å². The molecule has 2 aliphatic rings. The second kappa shape index (κ2) is 7.12. The Bertz CT molecular complexity index is 1040. The summed E-state index contributed by atoms with van der Waals surface area (Å²) in [4.78, 5) is 21.2. The number of aromatic nitrogens is 2. The summed E-state index contributed by atoms with van der Waals surface area (Å²) < 4.78 is 15.7. The van der Waals surface area contributed by atoms with Gasteiger partial charge in [0.25, 0.3) is 5.91 Å². The van der Waals surface area contributed by atoms with Crippen LogP contribution in [0.15, 0.2) is 47.0 Å². The van der Waals surface area contributed by atoms with E-state index in [0.29, 0.717) is 41.9 Å². The molecule has 0 atom stereocenters. The quantitative estimate of drug-likeness (QED) is 0.678. The number of fused-ring (bicyclic) bond motifs is 1. The van der Waals surface area contributed by atoms with Crippen molar-refractivity contribution in [1.29, 1.82) is 0 Å². The number of aryl methyl sites for hydroxylation is 1. The third-order valence-corrected chi connectivity index (χ3v) is 5.20. The maximum atomic E-state index is 12.8. The monoisotopic (exact) mass is 392 g/mol. The number of nitrogens with zero attached hydrogens (tertiary/aromatic N) is 4. The van der Waals surface area contributed by atoms with Gasteiger partial charge in [-0.3, -0.25) is 4.79 Å². The molecule has 0 bridgehead atoms. The van der Waals surface area contributed by atoms with E-state index < -0.39 is 0 Å². The summed E-state index contributed by atoms with van der Waals surface area (Å²) in [5.41, 5.74) is 2.66. The predicted molar refractivity (Wildman–Crippen MR) is 105 cm³/mol. The molecule has 3 aromatic rings. The number of carbonyl (C=O) groups excluding carboxylic acids is 1. The summed E-state index contributed by atoms with van der Waals surface area (Å²) in [6.45, 7) is 4.86. The maximum absolute atomic E-state index is 12.8. The van der Waals surface area contributed by atoms with Gasteiger partial charge in [-0.05, 0) is 42.5 Å². The van der Waals surface area contributed by atoms with E-state index in [9.17, 15) is 4.79 Å². The number of rotatable bonds is 3. The molecule has 0 radical (unpaired) electrons. The van der Waals surface area contributed by atoms with Gasteiger partial charge in [0.05, 0.1) is 0 Å². The molecule has 29 heavy (non-hydrogen) atoms. The van der Waals surface area contributed by atoms with Gasteiger partial charge in [0.15, 0.2) is 11.5 Å². The number of benzene rings is 2. The Balaban J connectivity index is 1.23. The molecule has 0 aliphatic carbocycles. The van der Waals surface area contributed by atoms with E-state index >= 15 is 0 Å². The molecule has 5 rings (SSSR count). The molecule has 1 aromatic heterocycles. The number of carbonyl (C=O) groups is 1. The fraction of sp³-hybridized carbons (Fsp3) is 0.286. The first kappa shape index (κ1) is 17.5. The molecule has 1 saturated heterocycles. The Morgan fingerprint density at radius 1 is 0.966 bits per heavy atom. The van der Waals surface area contributed by atoms with Gasteiger partial charge in [-0.15, -0.1) is 0 Å². The minimum atomic E-state index is 0.0192. The van der Waals surface area contributed by atoms with Gasteiger partial charge < -0.3 is 23.8 Å². The molecule has 2 aliphatic heterocycles. The van der Waals surface area contributed by atoms with Crippen molar-refractivity contribution in [1.82, 2.24) is 15.0 Å². The number of anilines is 1. The summed E-state index contributed by atoms with van der Waals surface area (Å²) in [6, 6.07) is 13.4. The lowest BCUT2D eigenvalue weighted by Crippen LogP contribution is -2.48. The number of hydrogen-bond donors (Lipinski definition) is 0. The lowest BCUT2D eigenvalue weighted by molar-refractivity contribution is 0.0746. The van der Waals surface area contributed by atoms with Crippen molar-refractivity contribution in [2.45, 2.75) is 6.92 Å². The molecule has 1 amide bonds. The highest BCUT2D eigenvalue weighted by Crippen LogP contribution is 2.33. The summed E-state index contributed by atoms with van der Waals surface area (Å²) in [5.74, 6) is 2.48. The predicted octanol–water partition coefficient (Wildman–Crippen LogP) is 2.74. The third-order valence-electron chi connectivity index (χ3n) is 5.20. The molecule has 0 unspecified atom stereocenters. The van der Waals surface area contributed by atoms with Crippen molar-refractivity contribution in [2.24, 2.45) is 0 Å². The Kier molecular flexibility index (Phi) is 4.31. The van der Waals surface area contributed by atoms with Crippen LogP contribution >= 0.6 is 0 Å². The number of ether oxygens (including phenoxy) is 2. The van der Waals surface area contributed by atoms with Crippen molar-refractivity contribution in [3.8, 4) is 22.9 Å². The molecule has 0 N–H and O–H groups in total. The SMILES string of the molecule is Cc1nc(-c2ccc(N3CCN(C(=O)c4ccc5c(c4)OCO5)CC3)cc2)no1. The molecule has 8 nitrogen and oxygen atoms in total. The van der Waals surface area contributed by atoms with Crippen molar-refractivity contribution < 1.29 is 18.8 Å². The zero-order chi connectivity index (χ0) is 19.8. The molecule has 0 saturated carbocycles. The van der Waals surface area contributed by atoms with Gasteiger partial charge in [0.1, 0.15) is 0 Å².